The van der Waals surface area contributed by atoms with Crippen LogP contribution in [-0.4, -0.2) is 27.3 Å². The molecule has 0 aliphatic rings. The Morgan fingerprint density at radius 1 is 1.09 bits per heavy atom. The second-order valence-corrected chi connectivity index (χ2v) is 1.75. The molecular weight excluding hydrogens is 200 g/mol. The van der Waals surface area contributed by atoms with Crippen molar-refractivity contribution < 1.29 is 93.4 Å². The van der Waals surface area contributed by atoms with Gasteiger partial charge in [-0.1, -0.05) is 0 Å². The van der Waals surface area contributed by atoms with Gasteiger partial charge in [-0.3, -0.25) is 0 Å². The van der Waals surface area contributed by atoms with E-state index >= 15 is 0 Å². The van der Waals surface area contributed by atoms with Gasteiger partial charge in [-0.05, 0) is 0 Å². The molecule has 0 fully saturated rings. The van der Waals surface area contributed by atoms with Crippen LogP contribution in [0.4, 0.5) is 0 Å². The van der Waals surface area contributed by atoms with Crippen LogP contribution in [0, 0.1) is 0 Å². The van der Waals surface area contributed by atoms with E-state index in [1.165, 1.54) is 0 Å². The molecule has 0 heterocycles. The van der Waals surface area contributed by atoms with E-state index in [9.17, 15) is 0 Å². The Bertz CT molecular complexity index is 87.6. The van der Waals surface area contributed by atoms with Crippen molar-refractivity contribution >= 4 is 15.1 Å². The standard InChI is InChI=1S/BH3O3.2Na.H3O4P/c2-1(3)4;;;1-5(2,3)4/h2-4H;;;(H3,1,2,3,4)/q;2*+1;/p-2. The second-order valence-electron chi connectivity index (χ2n) is 0.815. The summed E-state index contributed by atoms with van der Waals surface area (Å²) in [6, 6.07) is 0. The monoisotopic (exact) mass is 204 g/mol. The van der Waals surface area contributed by atoms with Crippen molar-refractivity contribution in [3.05, 3.63) is 0 Å². The summed E-state index contributed by atoms with van der Waals surface area (Å²) >= 11 is 0. The Morgan fingerprint density at radius 2 is 1.09 bits per heavy atom. The van der Waals surface area contributed by atoms with E-state index in [0.29, 0.717) is 0 Å². The Morgan fingerprint density at radius 3 is 1.09 bits per heavy atom. The molecule has 0 atom stereocenters. The predicted molar refractivity (Wildman–Crippen MR) is 22.2 cm³/mol. The third-order valence-electron chi connectivity index (χ3n) is 0. The van der Waals surface area contributed by atoms with Crippen molar-refractivity contribution in [3.8, 4) is 0 Å². The molecule has 0 unspecified atom stereocenters. The van der Waals surface area contributed by atoms with Gasteiger partial charge in [0.1, 0.15) is 0 Å². The molecule has 0 saturated carbocycles. The third kappa shape index (κ3) is 289. The average molecular weight is 204 g/mol. The number of rotatable bonds is 0. The summed E-state index contributed by atoms with van der Waals surface area (Å²) in [7, 11) is -7.31. The first-order valence-electron chi connectivity index (χ1n) is 1.52. The van der Waals surface area contributed by atoms with Crippen molar-refractivity contribution in [2.45, 2.75) is 0 Å². The number of phosphoric acid groups is 1. The Hall–Kier alpha value is 2.05. The molecule has 11 heavy (non-hydrogen) atoms. The van der Waals surface area contributed by atoms with Gasteiger partial charge < -0.3 is 34.3 Å². The summed E-state index contributed by atoms with van der Waals surface area (Å²) in [6.45, 7) is 0. The summed E-state index contributed by atoms with van der Waals surface area (Å²) in [5, 5.41) is 21.5. The Kier molecular flexibility index (Phi) is 25.4. The van der Waals surface area contributed by atoms with Gasteiger partial charge in [0.05, 0.1) is 7.82 Å². The maximum Gasteiger partial charge on any atom is 1.00 e. The van der Waals surface area contributed by atoms with E-state index in [2.05, 4.69) is 0 Å². The summed E-state index contributed by atoms with van der Waals surface area (Å²) in [4.78, 5) is 24.3. The molecule has 0 spiro atoms. The van der Waals surface area contributed by atoms with Gasteiger partial charge >= 0.3 is 66.4 Å². The summed E-state index contributed by atoms with van der Waals surface area (Å²) in [5.74, 6) is 0. The molecule has 0 aromatic carbocycles. The fourth-order valence-corrected chi connectivity index (χ4v) is 0. The molecule has 0 aromatic rings. The van der Waals surface area contributed by atoms with Crippen LogP contribution in [0.5, 0.6) is 0 Å². The molecular formula is H4BNa2O7P. The molecule has 0 amide bonds. The van der Waals surface area contributed by atoms with Crippen LogP contribution in [0.3, 0.4) is 0 Å². The van der Waals surface area contributed by atoms with Crippen LogP contribution in [0.2, 0.25) is 0 Å². The first kappa shape index (κ1) is 23.1. The van der Waals surface area contributed by atoms with Crippen LogP contribution in [0.25, 0.3) is 0 Å². The van der Waals surface area contributed by atoms with Crippen molar-refractivity contribution in [3.63, 3.8) is 0 Å². The molecule has 0 aromatic heterocycles. The molecule has 0 aliphatic carbocycles. The van der Waals surface area contributed by atoms with Gasteiger partial charge in [-0.25, -0.2) is 0 Å². The van der Waals surface area contributed by atoms with Crippen molar-refractivity contribution in [1.29, 1.82) is 0 Å². The molecule has 0 saturated heterocycles. The number of hydrogen-bond acceptors (Lipinski definition) is 6. The van der Waals surface area contributed by atoms with Crippen LogP contribution in [-0.2, 0) is 4.57 Å². The number of hydrogen-bond donors (Lipinski definition) is 4. The zero-order valence-corrected chi connectivity index (χ0v) is 10.9. The van der Waals surface area contributed by atoms with Crippen molar-refractivity contribution in [2.75, 3.05) is 0 Å². The van der Waals surface area contributed by atoms with Crippen LogP contribution >= 0.6 is 7.82 Å². The van der Waals surface area contributed by atoms with Gasteiger partial charge in [-0.15, -0.1) is 0 Å². The Balaban J connectivity index is -0.0000000383. The molecule has 7 nitrogen and oxygen atoms in total. The van der Waals surface area contributed by atoms with Crippen molar-refractivity contribution in [2.24, 2.45) is 0 Å². The largest absolute Gasteiger partial charge is 1.00 e. The molecule has 4 N–H and O–H groups in total. The van der Waals surface area contributed by atoms with E-state index in [1.807, 2.05) is 0 Å². The molecule has 56 valence electrons. The zero-order chi connectivity index (χ0) is 8.08. The molecule has 0 radical (unpaired) electrons. The maximum atomic E-state index is 8.66. The fourth-order valence-electron chi connectivity index (χ4n) is 0. The van der Waals surface area contributed by atoms with E-state index in [1.54, 1.807) is 0 Å². The SMILES string of the molecule is O=P([O-])([O-])O.OB(O)O.[Na+].[Na+]. The molecule has 11 heteroatoms. The topological polar surface area (TPSA) is 144 Å². The van der Waals surface area contributed by atoms with Gasteiger partial charge in [0, 0.05) is 0 Å². The third-order valence-corrected chi connectivity index (χ3v) is 0. The second kappa shape index (κ2) is 12.1. The smallest absolute Gasteiger partial charge is 0.790 e. The predicted octanol–water partition coefficient (Wildman–Crippen LogP) is -10.2. The van der Waals surface area contributed by atoms with Crippen LogP contribution < -0.4 is 68.9 Å². The average Bonchev–Trinajstić information content (AvgIpc) is 1.19. The van der Waals surface area contributed by atoms with Gasteiger partial charge in [0.15, 0.2) is 0 Å². The van der Waals surface area contributed by atoms with E-state index in [0.717, 1.165) is 0 Å². The minimum absolute atomic E-state index is 0. The van der Waals surface area contributed by atoms with Crippen LogP contribution in [0.15, 0.2) is 0 Å². The summed E-state index contributed by atoms with van der Waals surface area (Å²) in [6.07, 6.45) is 0. The molecule has 0 aliphatic heterocycles. The summed E-state index contributed by atoms with van der Waals surface area (Å²) < 4.78 is 8.66. The maximum absolute atomic E-state index is 8.66. The Labute approximate surface area is 107 Å². The van der Waals surface area contributed by atoms with E-state index < -0.39 is 15.1 Å². The minimum Gasteiger partial charge on any atom is -0.790 e. The zero-order valence-electron chi connectivity index (χ0n) is 6.04. The van der Waals surface area contributed by atoms with E-state index in [-0.39, 0.29) is 59.1 Å². The first-order valence-corrected chi connectivity index (χ1v) is 3.02. The first-order chi connectivity index (χ1) is 3.73. The van der Waals surface area contributed by atoms with Gasteiger partial charge in [-0.2, -0.15) is 0 Å². The summed E-state index contributed by atoms with van der Waals surface area (Å²) in [5.41, 5.74) is 0. The fraction of sp³-hybridized carbons (Fsp3) is 0. The van der Waals surface area contributed by atoms with Crippen molar-refractivity contribution in [1.82, 2.24) is 0 Å². The normalized spacial score (nSPS) is 7.82. The van der Waals surface area contributed by atoms with E-state index in [4.69, 9.17) is 34.3 Å². The minimum atomic E-state index is -5.14. The van der Waals surface area contributed by atoms with Gasteiger partial charge in [0.25, 0.3) is 0 Å². The molecule has 0 bridgehead atoms. The van der Waals surface area contributed by atoms with Crippen LogP contribution in [0.1, 0.15) is 0 Å². The van der Waals surface area contributed by atoms with Gasteiger partial charge in [0.2, 0.25) is 0 Å². The molecule has 0 rings (SSSR count). The quantitative estimate of drug-likeness (QED) is 0.226.